The van der Waals surface area contributed by atoms with Crippen LogP contribution in [0.1, 0.15) is 13.3 Å². The molecule has 2 amide bonds. The Labute approximate surface area is 134 Å². The first-order valence-corrected chi connectivity index (χ1v) is 7.60. The molecule has 0 saturated carbocycles. The molecule has 0 aliphatic carbocycles. The molecule has 23 heavy (non-hydrogen) atoms. The summed E-state index contributed by atoms with van der Waals surface area (Å²) in [6, 6.07) is 15.8. The van der Waals surface area contributed by atoms with Crippen LogP contribution in [0.5, 0.6) is 5.75 Å². The summed E-state index contributed by atoms with van der Waals surface area (Å²) in [4.78, 5) is 25.9. The van der Waals surface area contributed by atoms with E-state index in [4.69, 9.17) is 4.74 Å². The van der Waals surface area contributed by atoms with E-state index in [-0.39, 0.29) is 18.2 Å². The maximum atomic E-state index is 12.5. The summed E-state index contributed by atoms with van der Waals surface area (Å²) in [5, 5.41) is 3.12. The van der Waals surface area contributed by atoms with Gasteiger partial charge in [-0.25, -0.2) is 4.90 Å². The highest BCUT2D eigenvalue weighted by atomic mass is 16.5. The highest BCUT2D eigenvalue weighted by Crippen LogP contribution is 2.25. The number of anilines is 2. The number of carbonyl (C=O) groups is 2. The van der Waals surface area contributed by atoms with E-state index in [1.165, 1.54) is 4.90 Å². The zero-order chi connectivity index (χ0) is 16.2. The number of rotatable bonds is 5. The van der Waals surface area contributed by atoms with Crippen LogP contribution < -0.4 is 15.0 Å². The smallest absolute Gasteiger partial charge is 0.256 e. The molecule has 0 radical (unpaired) electrons. The van der Waals surface area contributed by atoms with Gasteiger partial charge in [-0.3, -0.25) is 9.59 Å². The molecule has 5 nitrogen and oxygen atoms in total. The maximum absolute atomic E-state index is 12.5. The zero-order valence-electron chi connectivity index (χ0n) is 12.9. The van der Waals surface area contributed by atoms with Crippen molar-refractivity contribution in [2.45, 2.75) is 19.4 Å². The summed E-state index contributed by atoms with van der Waals surface area (Å²) in [5.74, 6) is 0.359. The van der Waals surface area contributed by atoms with Crippen LogP contribution in [0.25, 0.3) is 0 Å². The second-order valence-electron chi connectivity index (χ2n) is 5.26. The van der Waals surface area contributed by atoms with Crippen molar-refractivity contribution in [3.63, 3.8) is 0 Å². The molecular weight excluding hydrogens is 292 g/mol. The van der Waals surface area contributed by atoms with Gasteiger partial charge in [0.15, 0.2) is 0 Å². The lowest BCUT2D eigenvalue weighted by molar-refractivity contribution is -0.121. The number of ether oxygens (including phenoxy) is 1. The van der Waals surface area contributed by atoms with E-state index in [0.29, 0.717) is 12.3 Å². The highest BCUT2D eigenvalue weighted by molar-refractivity contribution is 6.23. The van der Waals surface area contributed by atoms with Gasteiger partial charge in [-0.15, -0.1) is 0 Å². The molecule has 1 atom stereocenters. The molecule has 1 heterocycles. The average Bonchev–Trinajstić information content (AvgIpc) is 2.84. The van der Waals surface area contributed by atoms with E-state index in [9.17, 15) is 9.59 Å². The summed E-state index contributed by atoms with van der Waals surface area (Å²) in [7, 11) is 0. The number of nitrogens with zero attached hydrogens (tertiary/aromatic N) is 1. The Morgan fingerprint density at radius 1 is 1.09 bits per heavy atom. The number of benzene rings is 2. The van der Waals surface area contributed by atoms with Gasteiger partial charge in [-0.05, 0) is 43.3 Å². The number of nitrogens with one attached hydrogen (secondary N) is 1. The van der Waals surface area contributed by atoms with Gasteiger partial charge in [0.25, 0.3) is 5.91 Å². The predicted octanol–water partition coefficient (Wildman–Crippen LogP) is 2.83. The van der Waals surface area contributed by atoms with Crippen molar-refractivity contribution in [3.05, 3.63) is 54.6 Å². The predicted molar refractivity (Wildman–Crippen MR) is 88.6 cm³/mol. The Morgan fingerprint density at radius 3 is 2.43 bits per heavy atom. The molecular formula is C18H18N2O3. The number of amides is 2. The number of carbonyl (C=O) groups excluding carboxylic acids is 2. The molecule has 0 spiro atoms. The van der Waals surface area contributed by atoms with Crippen LogP contribution in [0.2, 0.25) is 0 Å². The third-order valence-corrected chi connectivity index (χ3v) is 3.67. The van der Waals surface area contributed by atoms with Gasteiger partial charge in [0.1, 0.15) is 11.8 Å². The second kappa shape index (κ2) is 6.52. The van der Waals surface area contributed by atoms with Gasteiger partial charge in [-0.2, -0.15) is 0 Å². The minimum absolute atomic E-state index is 0.154. The summed E-state index contributed by atoms with van der Waals surface area (Å²) >= 11 is 0. The largest absolute Gasteiger partial charge is 0.494 e. The normalized spacial score (nSPS) is 17.4. The van der Waals surface area contributed by atoms with Crippen LogP contribution in [0.15, 0.2) is 54.6 Å². The van der Waals surface area contributed by atoms with Gasteiger partial charge in [0.2, 0.25) is 5.91 Å². The quantitative estimate of drug-likeness (QED) is 0.863. The second-order valence-corrected chi connectivity index (χ2v) is 5.26. The minimum Gasteiger partial charge on any atom is -0.494 e. The van der Waals surface area contributed by atoms with Crippen LogP contribution in [-0.4, -0.2) is 24.5 Å². The lowest BCUT2D eigenvalue weighted by Gasteiger charge is -2.16. The molecule has 2 aromatic rings. The summed E-state index contributed by atoms with van der Waals surface area (Å²) in [6.45, 7) is 2.53. The van der Waals surface area contributed by atoms with Crippen LogP contribution in [0.4, 0.5) is 11.4 Å². The number of hydrogen-bond donors (Lipinski definition) is 1. The summed E-state index contributed by atoms with van der Waals surface area (Å²) < 4.78 is 5.39. The Morgan fingerprint density at radius 2 is 1.78 bits per heavy atom. The molecule has 3 rings (SSSR count). The van der Waals surface area contributed by atoms with Crippen molar-refractivity contribution in [1.82, 2.24) is 0 Å². The fourth-order valence-corrected chi connectivity index (χ4v) is 2.61. The Hall–Kier alpha value is -2.82. The van der Waals surface area contributed by atoms with Gasteiger partial charge < -0.3 is 10.1 Å². The standard InChI is InChI=1S/C18H18N2O3/c1-2-23-15-10-8-13(9-11-15)19-16-12-17(21)20(18(16)22)14-6-4-3-5-7-14/h3-11,16,19H,2,12H2,1H3/t16-/m0/s1. The molecule has 0 unspecified atom stereocenters. The average molecular weight is 310 g/mol. The van der Waals surface area contributed by atoms with Gasteiger partial charge in [0, 0.05) is 5.69 Å². The number of hydrogen-bond acceptors (Lipinski definition) is 4. The van der Waals surface area contributed by atoms with Gasteiger partial charge in [-0.1, -0.05) is 18.2 Å². The summed E-state index contributed by atoms with van der Waals surface area (Å²) in [5.41, 5.74) is 1.40. The van der Waals surface area contributed by atoms with E-state index in [2.05, 4.69) is 5.32 Å². The molecule has 1 aliphatic heterocycles. The van der Waals surface area contributed by atoms with Crippen LogP contribution >= 0.6 is 0 Å². The minimum atomic E-state index is -0.541. The van der Waals surface area contributed by atoms with Crippen molar-refractivity contribution in [1.29, 1.82) is 0 Å². The molecule has 0 aromatic heterocycles. The lowest BCUT2D eigenvalue weighted by atomic mass is 10.2. The van der Waals surface area contributed by atoms with Crippen molar-refractivity contribution in [2.24, 2.45) is 0 Å². The maximum Gasteiger partial charge on any atom is 0.256 e. The van der Waals surface area contributed by atoms with E-state index < -0.39 is 6.04 Å². The van der Waals surface area contributed by atoms with Gasteiger partial charge in [0.05, 0.1) is 18.7 Å². The highest BCUT2D eigenvalue weighted by Gasteiger charge is 2.39. The third kappa shape index (κ3) is 3.18. The lowest BCUT2D eigenvalue weighted by Crippen LogP contribution is -2.34. The van der Waals surface area contributed by atoms with E-state index in [0.717, 1.165) is 11.4 Å². The molecule has 1 saturated heterocycles. The van der Waals surface area contributed by atoms with E-state index in [1.54, 1.807) is 12.1 Å². The van der Waals surface area contributed by atoms with E-state index >= 15 is 0 Å². The molecule has 5 heteroatoms. The van der Waals surface area contributed by atoms with Crippen molar-refractivity contribution in [2.75, 3.05) is 16.8 Å². The molecule has 2 aromatic carbocycles. The number of para-hydroxylation sites is 1. The molecule has 0 bridgehead atoms. The van der Waals surface area contributed by atoms with E-state index in [1.807, 2.05) is 49.4 Å². The van der Waals surface area contributed by atoms with Crippen molar-refractivity contribution >= 4 is 23.2 Å². The van der Waals surface area contributed by atoms with Crippen LogP contribution in [-0.2, 0) is 9.59 Å². The Balaban J connectivity index is 1.72. The monoisotopic (exact) mass is 310 g/mol. The van der Waals surface area contributed by atoms with Crippen LogP contribution in [0, 0.1) is 0 Å². The van der Waals surface area contributed by atoms with Crippen molar-refractivity contribution in [3.8, 4) is 5.75 Å². The zero-order valence-corrected chi connectivity index (χ0v) is 12.9. The first kappa shape index (κ1) is 15.1. The first-order valence-electron chi connectivity index (χ1n) is 7.60. The Kier molecular flexibility index (Phi) is 4.28. The molecule has 1 aliphatic rings. The molecule has 1 fully saturated rings. The van der Waals surface area contributed by atoms with Crippen LogP contribution in [0.3, 0.4) is 0 Å². The first-order chi connectivity index (χ1) is 11.2. The fraction of sp³-hybridized carbons (Fsp3) is 0.222. The topological polar surface area (TPSA) is 58.6 Å². The molecule has 1 N–H and O–H groups in total. The molecule has 118 valence electrons. The summed E-state index contributed by atoms with van der Waals surface area (Å²) in [6.07, 6.45) is 0.154. The Bertz CT molecular complexity index is 698. The fourth-order valence-electron chi connectivity index (χ4n) is 2.61. The SMILES string of the molecule is CCOc1ccc(N[C@H]2CC(=O)N(c3ccccc3)C2=O)cc1. The van der Waals surface area contributed by atoms with Crippen molar-refractivity contribution < 1.29 is 14.3 Å². The number of imide groups is 1. The third-order valence-electron chi connectivity index (χ3n) is 3.67. The van der Waals surface area contributed by atoms with Gasteiger partial charge >= 0.3 is 0 Å².